The standard InChI is InChI=1S/C15H17N3O2/c16-7-13(8-17)18-20-9-14(19)15-4-10-1-11(5-15)3-12(2-10)6-15/h10-12H,1-6,9H2. The quantitative estimate of drug-likeness (QED) is 0.579. The van der Waals surface area contributed by atoms with Crippen molar-refractivity contribution in [2.75, 3.05) is 6.61 Å². The molecule has 4 fully saturated rings. The largest absolute Gasteiger partial charge is 0.386 e. The second kappa shape index (κ2) is 4.90. The van der Waals surface area contributed by atoms with Crippen LogP contribution in [0.4, 0.5) is 0 Å². The molecule has 4 aliphatic rings. The highest BCUT2D eigenvalue weighted by Gasteiger charge is 2.54. The Balaban J connectivity index is 1.65. The first-order valence-corrected chi connectivity index (χ1v) is 7.18. The van der Waals surface area contributed by atoms with Crippen molar-refractivity contribution in [3.8, 4) is 12.1 Å². The van der Waals surface area contributed by atoms with Crippen LogP contribution < -0.4 is 0 Å². The maximum absolute atomic E-state index is 12.5. The van der Waals surface area contributed by atoms with Gasteiger partial charge in [0.2, 0.25) is 0 Å². The van der Waals surface area contributed by atoms with Gasteiger partial charge in [-0.15, -0.1) is 0 Å². The van der Waals surface area contributed by atoms with Gasteiger partial charge in [0, 0.05) is 5.41 Å². The van der Waals surface area contributed by atoms with E-state index in [-0.39, 0.29) is 23.5 Å². The fourth-order valence-electron chi connectivity index (χ4n) is 4.83. The molecule has 0 aliphatic heterocycles. The van der Waals surface area contributed by atoms with Crippen LogP contribution in [0.3, 0.4) is 0 Å². The number of carbonyl (C=O) groups is 1. The minimum absolute atomic E-state index is 0.107. The molecule has 0 aromatic carbocycles. The van der Waals surface area contributed by atoms with Crippen molar-refractivity contribution >= 4 is 11.5 Å². The van der Waals surface area contributed by atoms with Crippen LogP contribution in [0.1, 0.15) is 38.5 Å². The van der Waals surface area contributed by atoms with Crippen LogP contribution in [-0.2, 0) is 9.63 Å². The molecule has 0 unspecified atom stereocenters. The van der Waals surface area contributed by atoms with Gasteiger partial charge in [-0.05, 0) is 56.3 Å². The van der Waals surface area contributed by atoms with E-state index in [9.17, 15) is 4.79 Å². The summed E-state index contributed by atoms with van der Waals surface area (Å²) in [4.78, 5) is 17.4. The van der Waals surface area contributed by atoms with Gasteiger partial charge in [-0.2, -0.15) is 10.5 Å². The predicted molar refractivity (Wildman–Crippen MR) is 70.2 cm³/mol. The van der Waals surface area contributed by atoms with Gasteiger partial charge in [0.25, 0.3) is 5.71 Å². The Morgan fingerprint density at radius 2 is 1.60 bits per heavy atom. The number of nitriles is 2. The van der Waals surface area contributed by atoms with Gasteiger partial charge in [-0.1, -0.05) is 5.16 Å². The molecule has 4 bridgehead atoms. The van der Waals surface area contributed by atoms with Crippen molar-refractivity contribution in [2.24, 2.45) is 28.3 Å². The van der Waals surface area contributed by atoms with E-state index >= 15 is 0 Å². The van der Waals surface area contributed by atoms with Gasteiger partial charge in [-0.3, -0.25) is 4.79 Å². The highest BCUT2D eigenvalue weighted by Crippen LogP contribution is 2.60. The number of rotatable bonds is 4. The number of hydrogen-bond donors (Lipinski definition) is 0. The number of oxime groups is 1. The maximum atomic E-state index is 12.5. The Hall–Kier alpha value is -1.88. The van der Waals surface area contributed by atoms with E-state index in [0.717, 1.165) is 19.3 Å². The molecule has 0 aromatic heterocycles. The molecule has 104 valence electrons. The van der Waals surface area contributed by atoms with Crippen LogP contribution in [0.2, 0.25) is 0 Å². The van der Waals surface area contributed by atoms with Gasteiger partial charge < -0.3 is 4.84 Å². The molecule has 5 heteroatoms. The molecule has 0 aromatic rings. The summed E-state index contributed by atoms with van der Waals surface area (Å²) < 4.78 is 0. The first-order valence-electron chi connectivity index (χ1n) is 7.18. The highest BCUT2D eigenvalue weighted by molar-refractivity contribution is 6.09. The number of nitrogens with zero attached hydrogens (tertiary/aromatic N) is 3. The van der Waals surface area contributed by atoms with Crippen LogP contribution in [0.15, 0.2) is 5.16 Å². The minimum Gasteiger partial charge on any atom is -0.386 e. The number of ketones is 1. The van der Waals surface area contributed by atoms with E-state index in [0.29, 0.717) is 17.8 Å². The second-order valence-electron chi connectivity index (χ2n) is 6.56. The Morgan fingerprint density at radius 3 is 2.05 bits per heavy atom. The maximum Gasteiger partial charge on any atom is 0.256 e. The van der Waals surface area contributed by atoms with Crippen LogP contribution in [0.5, 0.6) is 0 Å². The molecule has 4 rings (SSSR count). The zero-order chi connectivity index (χ0) is 14.2. The van der Waals surface area contributed by atoms with Crippen LogP contribution in [0, 0.1) is 45.8 Å². The molecule has 5 nitrogen and oxygen atoms in total. The van der Waals surface area contributed by atoms with Crippen LogP contribution >= 0.6 is 0 Å². The predicted octanol–water partition coefficient (Wildman–Crippen LogP) is 2.19. The van der Waals surface area contributed by atoms with E-state index in [2.05, 4.69) is 5.16 Å². The third-order valence-electron chi connectivity index (χ3n) is 5.19. The summed E-state index contributed by atoms with van der Waals surface area (Å²) in [5.74, 6) is 2.24. The fraction of sp³-hybridized carbons (Fsp3) is 0.733. The summed E-state index contributed by atoms with van der Waals surface area (Å²) in [7, 11) is 0. The third-order valence-corrected chi connectivity index (χ3v) is 5.19. The lowest BCUT2D eigenvalue weighted by molar-refractivity contribution is -0.148. The molecular weight excluding hydrogens is 254 g/mol. The van der Waals surface area contributed by atoms with Crippen LogP contribution in [0.25, 0.3) is 0 Å². The monoisotopic (exact) mass is 271 g/mol. The van der Waals surface area contributed by atoms with E-state index in [1.54, 1.807) is 12.1 Å². The zero-order valence-corrected chi connectivity index (χ0v) is 11.3. The molecule has 0 saturated heterocycles. The number of carbonyl (C=O) groups excluding carboxylic acids is 1. The summed E-state index contributed by atoms with van der Waals surface area (Å²) in [5.41, 5.74) is -0.549. The Bertz CT molecular complexity index is 487. The average Bonchev–Trinajstić information content (AvgIpc) is 2.42. The van der Waals surface area contributed by atoms with Crippen LogP contribution in [-0.4, -0.2) is 18.1 Å². The Kier molecular flexibility index (Phi) is 3.22. The second-order valence-corrected chi connectivity index (χ2v) is 6.56. The van der Waals surface area contributed by atoms with Crippen molar-refractivity contribution in [2.45, 2.75) is 38.5 Å². The molecule has 4 saturated carbocycles. The Labute approximate surface area is 118 Å². The van der Waals surface area contributed by atoms with Gasteiger partial charge in [0.1, 0.15) is 12.1 Å². The third kappa shape index (κ3) is 2.18. The molecule has 4 aliphatic carbocycles. The van der Waals surface area contributed by atoms with E-state index in [1.807, 2.05) is 0 Å². The van der Waals surface area contributed by atoms with Gasteiger partial charge in [0.05, 0.1) is 0 Å². The van der Waals surface area contributed by atoms with Crippen molar-refractivity contribution in [3.63, 3.8) is 0 Å². The molecule has 20 heavy (non-hydrogen) atoms. The molecule has 0 spiro atoms. The smallest absolute Gasteiger partial charge is 0.256 e. The molecule has 0 N–H and O–H groups in total. The van der Waals surface area contributed by atoms with Crippen molar-refractivity contribution in [3.05, 3.63) is 0 Å². The SMILES string of the molecule is N#CC(C#N)=NOCC(=O)C12CC3CC(CC(C3)C1)C2. The molecule has 0 amide bonds. The summed E-state index contributed by atoms with van der Waals surface area (Å²) in [6, 6.07) is 3.23. The molecule has 0 radical (unpaired) electrons. The summed E-state index contributed by atoms with van der Waals surface area (Å²) in [5, 5.41) is 20.5. The van der Waals surface area contributed by atoms with Gasteiger partial charge >= 0.3 is 0 Å². The van der Waals surface area contributed by atoms with E-state index in [1.165, 1.54) is 19.3 Å². The highest BCUT2D eigenvalue weighted by atomic mass is 16.6. The lowest BCUT2D eigenvalue weighted by Gasteiger charge is -2.55. The van der Waals surface area contributed by atoms with E-state index in [4.69, 9.17) is 15.4 Å². The summed E-state index contributed by atoms with van der Waals surface area (Å²) in [6.45, 7) is -0.112. The normalized spacial score (nSPS) is 36.8. The lowest BCUT2D eigenvalue weighted by Crippen LogP contribution is -2.50. The lowest BCUT2D eigenvalue weighted by atomic mass is 9.48. The fourth-order valence-corrected chi connectivity index (χ4v) is 4.83. The Morgan fingerprint density at radius 1 is 1.10 bits per heavy atom. The van der Waals surface area contributed by atoms with E-state index < -0.39 is 0 Å². The molecular formula is C15H17N3O2. The average molecular weight is 271 g/mol. The van der Waals surface area contributed by atoms with Crippen molar-refractivity contribution in [1.29, 1.82) is 10.5 Å². The summed E-state index contributed by atoms with van der Waals surface area (Å²) in [6.07, 6.45) is 6.85. The first-order chi connectivity index (χ1) is 9.65. The number of hydrogen-bond acceptors (Lipinski definition) is 5. The first kappa shape index (κ1) is 13.1. The topological polar surface area (TPSA) is 86.2 Å². The van der Waals surface area contributed by atoms with Crippen molar-refractivity contribution < 1.29 is 9.63 Å². The summed E-state index contributed by atoms with van der Waals surface area (Å²) >= 11 is 0. The van der Waals surface area contributed by atoms with Gasteiger partial charge in [-0.25, -0.2) is 0 Å². The zero-order valence-electron chi connectivity index (χ0n) is 11.3. The number of Topliss-reactive ketones (excluding diaryl/α,β-unsaturated/α-hetero) is 1. The van der Waals surface area contributed by atoms with Gasteiger partial charge in [0.15, 0.2) is 12.4 Å². The minimum atomic E-state index is -0.344. The van der Waals surface area contributed by atoms with Crippen molar-refractivity contribution in [1.82, 2.24) is 0 Å². The molecule has 0 heterocycles. The molecule has 0 atom stereocenters.